The van der Waals surface area contributed by atoms with Crippen LogP contribution in [-0.2, 0) is 10.8 Å². The van der Waals surface area contributed by atoms with Crippen molar-refractivity contribution in [2.75, 3.05) is 12.3 Å². The van der Waals surface area contributed by atoms with E-state index in [4.69, 9.17) is 11.6 Å². The van der Waals surface area contributed by atoms with Crippen LogP contribution in [0.4, 0.5) is 0 Å². The minimum Gasteiger partial charge on any atom is -0.313 e. The zero-order valence-corrected chi connectivity index (χ0v) is 13.8. The van der Waals surface area contributed by atoms with Crippen LogP contribution in [0.25, 0.3) is 0 Å². The van der Waals surface area contributed by atoms with Gasteiger partial charge in [-0.15, -0.1) is 0 Å². The highest BCUT2D eigenvalue weighted by molar-refractivity contribution is 7.85. The van der Waals surface area contributed by atoms with Gasteiger partial charge in [0, 0.05) is 21.7 Å². The molecule has 0 bridgehead atoms. The lowest BCUT2D eigenvalue weighted by Gasteiger charge is -2.31. The Balaban J connectivity index is 2.73. The first-order valence-corrected chi connectivity index (χ1v) is 8.41. The van der Waals surface area contributed by atoms with Crippen LogP contribution in [0, 0.1) is 5.41 Å². The van der Waals surface area contributed by atoms with E-state index < -0.39 is 10.8 Å². The molecule has 0 spiro atoms. The quantitative estimate of drug-likeness (QED) is 0.864. The lowest BCUT2D eigenvalue weighted by Crippen LogP contribution is -2.44. The Morgan fingerprint density at radius 2 is 1.84 bits per heavy atom. The largest absolute Gasteiger partial charge is 0.313 e. The summed E-state index contributed by atoms with van der Waals surface area (Å²) in [6, 6.07) is 7.51. The van der Waals surface area contributed by atoms with Crippen molar-refractivity contribution in [3.63, 3.8) is 0 Å². The van der Waals surface area contributed by atoms with Gasteiger partial charge in [0.15, 0.2) is 0 Å². The molecule has 2 nitrogen and oxygen atoms in total. The lowest BCUT2D eigenvalue weighted by atomic mass is 9.88. The van der Waals surface area contributed by atoms with Crippen LogP contribution in [0.5, 0.6) is 0 Å². The van der Waals surface area contributed by atoms with Crippen LogP contribution in [-0.4, -0.2) is 22.5 Å². The van der Waals surface area contributed by atoms with Gasteiger partial charge in [-0.3, -0.25) is 4.21 Å². The van der Waals surface area contributed by atoms with Gasteiger partial charge in [0.1, 0.15) is 0 Å². The molecule has 0 radical (unpaired) electrons. The van der Waals surface area contributed by atoms with E-state index in [2.05, 4.69) is 33.0 Å². The van der Waals surface area contributed by atoms with Crippen LogP contribution in [0.15, 0.2) is 29.2 Å². The predicted octanol–water partition coefficient (Wildman–Crippen LogP) is 3.86. The first kappa shape index (κ1) is 16.7. The van der Waals surface area contributed by atoms with Crippen LogP contribution in [0.2, 0.25) is 5.02 Å². The average molecular weight is 302 g/mol. The third kappa shape index (κ3) is 5.64. The molecule has 1 aromatic carbocycles. The summed E-state index contributed by atoms with van der Waals surface area (Å²) >= 11 is 5.85. The number of benzene rings is 1. The number of hydrogen-bond acceptors (Lipinski definition) is 2. The van der Waals surface area contributed by atoms with Crippen molar-refractivity contribution in [1.29, 1.82) is 0 Å². The van der Waals surface area contributed by atoms with Crippen molar-refractivity contribution in [2.24, 2.45) is 5.41 Å². The van der Waals surface area contributed by atoms with Crippen LogP contribution in [0.3, 0.4) is 0 Å². The Kier molecular flexibility index (Phi) is 6.51. The van der Waals surface area contributed by atoms with Crippen molar-refractivity contribution < 1.29 is 4.21 Å². The molecule has 0 aliphatic carbocycles. The molecule has 0 aromatic heterocycles. The third-order valence-electron chi connectivity index (χ3n) is 3.08. The molecule has 0 amide bonds. The molecule has 0 aliphatic heterocycles. The van der Waals surface area contributed by atoms with E-state index in [1.165, 1.54) is 0 Å². The highest BCUT2D eigenvalue weighted by Crippen LogP contribution is 2.22. The second-order valence-corrected chi connectivity index (χ2v) is 7.77. The molecular formula is C15H24ClNOS. The second kappa shape index (κ2) is 7.41. The standard InChI is InChI=1S/C15H24ClNOS/c1-5-10-17-14(15(2,3)4)11-19(18)13-8-6-12(16)7-9-13/h6-9,14,17H,5,10-11H2,1-4H3. The molecule has 0 aliphatic rings. The van der Waals surface area contributed by atoms with Crippen molar-refractivity contribution in [3.8, 4) is 0 Å². The fourth-order valence-electron chi connectivity index (χ4n) is 1.77. The smallest absolute Gasteiger partial charge is 0.0545 e. The summed E-state index contributed by atoms with van der Waals surface area (Å²) in [5, 5.41) is 4.18. The molecule has 2 atom stereocenters. The maximum absolute atomic E-state index is 12.4. The third-order valence-corrected chi connectivity index (χ3v) is 4.77. The van der Waals surface area contributed by atoms with Gasteiger partial charge in [-0.25, -0.2) is 0 Å². The number of hydrogen-bond donors (Lipinski definition) is 1. The van der Waals surface area contributed by atoms with E-state index in [-0.39, 0.29) is 11.5 Å². The van der Waals surface area contributed by atoms with Crippen molar-refractivity contribution in [3.05, 3.63) is 29.3 Å². The number of rotatable bonds is 6. The summed E-state index contributed by atoms with van der Waals surface area (Å²) in [4.78, 5) is 0.844. The second-order valence-electron chi connectivity index (χ2n) is 5.84. The van der Waals surface area contributed by atoms with E-state index in [9.17, 15) is 4.21 Å². The fraction of sp³-hybridized carbons (Fsp3) is 0.600. The Hall–Kier alpha value is -0.380. The lowest BCUT2D eigenvalue weighted by molar-refractivity contribution is 0.290. The molecule has 1 N–H and O–H groups in total. The Morgan fingerprint density at radius 3 is 2.32 bits per heavy atom. The first-order valence-electron chi connectivity index (χ1n) is 6.72. The van der Waals surface area contributed by atoms with E-state index in [1.807, 2.05) is 12.1 Å². The Morgan fingerprint density at radius 1 is 1.26 bits per heavy atom. The highest BCUT2D eigenvalue weighted by atomic mass is 35.5. The first-order chi connectivity index (χ1) is 8.84. The van der Waals surface area contributed by atoms with Gasteiger partial charge in [0.05, 0.1) is 10.8 Å². The van der Waals surface area contributed by atoms with Crippen molar-refractivity contribution in [1.82, 2.24) is 5.32 Å². The maximum Gasteiger partial charge on any atom is 0.0545 e. The SMILES string of the molecule is CCCNC(CS(=O)c1ccc(Cl)cc1)C(C)(C)C. The molecule has 1 aromatic rings. The normalized spacial score (nSPS) is 15.2. The van der Waals surface area contributed by atoms with Gasteiger partial charge >= 0.3 is 0 Å². The molecular weight excluding hydrogens is 278 g/mol. The monoisotopic (exact) mass is 301 g/mol. The number of halogens is 1. The van der Waals surface area contributed by atoms with E-state index in [0.29, 0.717) is 10.8 Å². The van der Waals surface area contributed by atoms with E-state index in [1.54, 1.807) is 12.1 Å². The Bertz CT molecular complexity index is 411. The summed E-state index contributed by atoms with van der Waals surface area (Å²) in [6.45, 7) is 9.64. The molecule has 4 heteroatoms. The fourth-order valence-corrected chi connectivity index (χ4v) is 3.45. The van der Waals surface area contributed by atoms with Gasteiger partial charge in [-0.2, -0.15) is 0 Å². The van der Waals surface area contributed by atoms with E-state index in [0.717, 1.165) is 17.9 Å². The van der Waals surface area contributed by atoms with Gasteiger partial charge < -0.3 is 5.32 Å². The Labute approximate surface area is 124 Å². The van der Waals surface area contributed by atoms with Gasteiger partial charge in [-0.05, 0) is 42.6 Å². The van der Waals surface area contributed by atoms with E-state index >= 15 is 0 Å². The van der Waals surface area contributed by atoms with Gasteiger partial charge in [-0.1, -0.05) is 39.3 Å². The molecule has 1 rings (SSSR count). The predicted molar refractivity (Wildman–Crippen MR) is 84.3 cm³/mol. The molecule has 2 unspecified atom stereocenters. The van der Waals surface area contributed by atoms with Gasteiger partial charge in [0.25, 0.3) is 0 Å². The van der Waals surface area contributed by atoms with Crippen molar-refractivity contribution >= 4 is 22.4 Å². The summed E-state index contributed by atoms with van der Waals surface area (Å²) in [5.74, 6) is 0.630. The zero-order valence-electron chi connectivity index (χ0n) is 12.2. The zero-order chi connectivity index (χ0) is 14.5. The molecule has 0 saturated carbocycles. The maximum atomic E-state index is 12.4. The summed E-state index contributed by atoms with van der Waals surface area (Å²) in [7, 11) is -0.993. The summed E-state index contributed by atoms with van der Waals surface area (Å²) in [6.07, 6.45) is 1.08. The molecule has 0 saturated heterocycles. The van der Waals surface area contributed by atoms with Crippen LogP contribution in [0.1, 0.15) is 34.1 Å². The average Bonchev–Trinajstić information content (AvgIpc) is 2.33. The van der Waals surface area contributed by atoms with Crippen molar-refractivity contribution in [2.45, 2.75) is 45.1 Å². The van der Waals surface area contributed by atoms with Crippen LogP contribution >= 0.6 is 11.6 Å². The molecule has 0 fully saturated rings. The van der Waals surface area contributed by atoms with Crippen LogP contribution < -0.4 is 5.32 Å². The van der Waals surface area contributed by atoms with Gasteiger partial charge in [0.2, 0.25) is 0 Å². The molecule has 19 heavy (non-hydrogen) atoms. The minimum absolute atomic E-state index is 0.0945. The molecule has 108 valence electrons. The summed E-state index contributed by atoms with van der Waals surface area (Å²) < 4.78 is 12.4. The topological polar surface area (TPSA) is 29.1 Å². The number of nitrogens with one attached hydrogen (secondary N) is 1. The highest BCUT2D eigenvalue weighted by Gasteiger charge is 2.26. The molecule has 0 heterocycles. The summed E-state index contributed by atoms with van der Waals surface area (Å²) in [5.41, 5.74) is 0.0945. The minimum atomic E-state index is -0.993.